The van der Waals surface area contributed by atoms with Crippen LogP contribution in [0.4, 0.5) is 0 Å². The highest BCUT2D eigenvalue weighted by Gasteiger charge is 2.03. The molecule has 0 amide bonds. The van der Waals surface area contributed by atoms with E-state index in [0.717, 1.165) is 36.3 Å². The summed E-state index contributed by atoms with van der Waals surface area (Å²) >= 11 is 0. The quantitative estimate of drug-likeness (QED) is 0.262. The van der Waals surface area contributed by atoms with Gasteiger partial charge in [-0.2, -0.15) is 0 Å². The molecule has 0 aliphatic rings. The average molecular weight is 359 g/mol. The van der Waals surface area contributed by atoms with Crippen molar-refractivity contribution in [1.29, 1.82) is 0 Å². The van der Waals surface area contributed by atoms with Gasteiger partial charge in [-0.3, -0.25) is 0 Å². The molecule has 0 radical (unpaired) electrons. The van der Waals surface area contributed by atoms with E-state index < -0.39 is 0 Å². The van der Waals surface area contributed by atoms with Gasteiger partial charge in [0.25, 0.3) is 0 Å². The second-order valence-electron chi connectivity index (χ2n) is 6.98. The number of hydrogen-bond acceptors (Lipinski definition) is 2. The second-order valence-corrected chi connectivity index (χ2v) is 6.98. The van der Waals surface area contributed by atoms with Crippen LogP contribution in [0.2, 0.25) is 0 Å². The van der Waals surface area contributed by atoms with Crippen LogP contribution in [0.5, 0.6) is 5.75 Å². The van der Waals surface area contributed by atoms with E-state index in [-0.39, 0.29) is 6.61 Å². The van der Waals surface area contributed by atoms with E-state index in [2.05, 4.69) is 19.6 Å². The maximum Gasteiger partial charge on any atom is 0.122 e. The van der Waals surface area contributed by atoms with Crippen LogP contribution in [-0.2, 0) is 6.42 Å². The van der Waals surface area contributed by atoms with Crippen molar-refractivity contribution >= 4 is 6.08 Å². The van der Waals surface area contributed by atoms with Gasteiger partial charge in [-0.15, -0.1) is 6.58 Å². The van der Waals surface area contributed by atoms with Crippen molar-refractivity contribution in [3.63, 3.8) is 0 Å². The zero-order valence-electron chi connectivity index (χ0n) is 16.7. The molecule has 26 heavy (non-hydrogen) atoms. The van der Waals surface area contributed by atoms with Gasteiger partial charge in [-0.25, -0.2) is 0 Å². The van der Waals surface area contributed by atoms with Crippen LogP contribution < -0.4 is 4.74 Å². The fourth-order valence-electron chi connectivity index (χ4n) is 3.12. The van der Waals surface area contributed by atoms with Gasteiger partial charge in [0.1, 0.15) is 5.75 Å². The molecular formula is C24H38O2. The lowest BCUT2D eigenvalue weighted by molar-refractivity contribution is 0.302. The van der Waals surface area contributed by atoms with Crippen molar-refractivity contribution in [3.8, 4) is 5.75 Å². The molecule has 1 aromatic rings. The Morgan fingerprint density at radius 1 is 0.962 bits per heavy atom. The molecule has 2 nitrogen and oxygen atoms in total. The van der Waals surface area contributed by atoms with Crippen molar-refractivity contribution < 1.29 is 9.84 Å². The van der Waals surface area contributed by atoms with E-state index in [1.54, 1.807) is 6.08 Å². The first-order valence-electron chi connectivity index (χ1n) is 10.5. The lowest BCUT2D eigenvalue weighted by atomic mass is 10.1. The Morgan fingerprint density at radius 3 is 2.23 bits per heavy atom. The molecule has 0 spiro atoms. The summed E-state index contributed by atoms with van der Waals surface area (Å²) in [6.07, 6.45) is 19.8. The standard InChI is InChI=1S/C24H38O2/c1-3-5-6-7-8-9-10-11-12-13-20-26-24-18-17-22(16-14-19-25)21-23(24)15-4-2/h4,14,16-18,21,25H,2-3,5-13,15,19-20H2,1H3/b16-14+. The van der Waals surface area contributed by atoms with Crippen molar-refractivity contribution in [1.82, 2.24) is 0 Å². The van der Waals surface area contributed by atoms with E-state index in [9.17, 15) is 0 Å². The molecule has 2 heteroatoms. The normalized spacial score (nSPS) is 11.2. The van der Waals surface area contributed by atoms with Gasteiger partial charge in [0, 0.05) is 0 Å². The highest BCUT2D eigenvalue weighted by molar-refractivity contribution is 5.53. The van der Waals surface area contributed by atoms with Gasteiger partial charge >= 0.3 is 0 Å². The Labute approximate surface area is 161 Å². The minimum Gasteiger partial charge on any atom is -0.493 e. The minimum atomic E-state index is 0.0633. The Kier molecular flexibility index (Phi) is 13.6. The molecule has 0 aliphatic carbocycles. The smallest absolute Gasteiger partial charge is 0.122 e. The van der Waals surface area contributed by atoms with Crippen molar-refractivity contribution in [2.24, 2.45) is 0 Å². The Bertz CT molecular complexity index is 505. The van der Waals surface area contributed by atoms with E-state index in [0.29, 0.717) is 0 Å². The molecular weight excluding hydrogens is 320 g/mol. The number of hydrogen-bond donors (Lipinski definition) is 1. The summed E-state index contributed by atoms with van der Waals surface area (Å²) in [7, 11) is 0. The SMILES string of the molecule is C=CCc1cc(/C=C/CO)ccc1OCCCCCCCCCCCC. The second kappa shape index (κ2) is 15.7. The third kappa shape index (κ3) is 10.5. The van der Waals surface area contributed by atoms with Crippen LogP contribution in [0, 0.1) is 0 Å². The molecule has 1 aromatic carbocycles. The number of allylic oxidation sites excluding steroid dienone is 1. The first kappa shape index (κ1) is 22.5. The van der Waals surface area contributed by atoms with Gasteiger partial charge in [-0.1, -0.05) is 89.0 Å². The molecule has 0 saturated heterocycles. The lowest BCUT2D eigenvalue weighted by Gasteiger charge is -2.11. The van der Waals surface area contributed by atoms with Crippen LogP contribution in [0.15, 0.2) is 36.9 Å². The molecule has 0 atom stereocenters. The van der Waals surface area contributed by atoms with Crippen LogP contribution >= 0.6 is 0 Å². The number of benzene rings is 1. The maximum absolute atomic E-state index is 8.90. The topological polar surface area (TPSA) is 29.5 Å². The highest BCUT2D eigenvalue weighted by atomic mass is 16.5. The molecule has 0 fully saturated rings. The number of aliphatic hydroxyl groups is 1. The molecule has 1 rings (SSSR count). The first-order valence-corrected chi connectivity index (χ1v) is 10.5. The summed E-state index contributed by atoms with van der Waals surface area (Å²) in [5.74, 6) is 0.960. The number of rotatable bonds is 16. The molecule has 0 unspecified atom stereocenters. The molecule has 0 saturated carbocycles. The predicted molar refractivity (Wildman–Crippen MR) is 114 cm³/mol. The van der Waals surface area contributed by atoms with E-state index in [4.69, 9.17) is 9.84 Å². The van der Waals surface area contributed by atoms with E-state index in [1.165, 1.54) is 57.8 Å². The maximum atomic E-state index is 8.90. The van der Waals surface area contributed by atoms with Gasteiger partial charge in [0.05, 0.1) is 13.2 Å². The van der Waals surface area contributed by atoms with Gasteiger partial charge in [-0.05, 0) is 36.1 Å². The number of aliphatic hydroxyl groups excluding tert-OH is 1. The largest absolute Gasteiger partial charge is 0.493 e. The lowest BCUT2D eigenvalue weighted by Crippen LogP contribution is -2.00. The zero-order valence-corrected chi connectivity index (χ0v) is 16.7. The summed E-state index contributed by atoms with van der Waals surface area (Å²) in [5.41, 5.74) is 2.24. The highest BCUT2D eigenvalue weighted by Crippen LogP contribution is 2.22. The van der Waals surface area contributed by atoms with Gasteiger partial charge < -0.3 is 9.84 Å². The molecule has 146 valence electrons. The zero-order chi connectivity index (χ0) is 18.9. The van der Waals surface area contributed by atoms with Crippen molar-refractivity contribution in [3.05, 3.63) is 48.1 Å². The monoisotopic (exact) mass is 358 g/mol. The third-order valence-corrected chi connectivity index (χ3v) is 4.62. The Hall–Kier alpha value is -1.54. The van der Waals surface area contributed by atoms with Crippen LogP contribution in [0.3, 0.4) is 0 Å². The first-order chi connectivity index (χ1) is 12.8. The van der Waals surface area contributed by atoms with E-state index >= 15 is 0 Å². The van der Waals surface area contributed by atoms with Crippen molar-refractivity contribution in [2.75, 3.05) is 13.2 Å². The fraction of sp³-hybridized carbons (Fsp3) is 0.583. The minimum absolute atomic E-state index is 0.0633. The summed E-state index contributed by atoms with van der Waals surface area (Å²) in [6.45, 7) is 6.95. The summed E-state index contributed by atoms with van der Waals surface area (Å²) in [4.78, 5) is 0. The summed E-state index contributed by atoms with van der Waals surface area (Å²) < 4.78 is 6.00. The van der Waals surface area contributed by atoms with Gasteiger partial charge in [0.15, 0.2) is 0 Å². The number of ether oxygens (including phenoxy) is 1. The van der Waals surface area contributed by atoms with Crippen LogP contribution in [-0.4, -0.2) is 18.3 Å². The van der Waals surface area contributed by atoms with Crippen LogP contribution in [0.1, 0.15) is 82.3 Å². The number of unbranched alkanes of at least 4 members (excludes halogenated alkanes) is 9. The van der Waals surface area contributed by atoms with Crippen LogP contribution in [0.25, 0.3) is 6.08 Å². The third-order valence-electron chi connectivity index (χ3n) is 4.62. The molecule has 0 heterocycles. The van der Waals surface area contributed by atoms with Crippen molar-refractivity contribution in [2.45, 2.75) is 77.6 Å². The predicted octanol–water partition coefficient (Wildman–Crippen LogP) is 6.72. The summed E-state index contributed by atoms with van der Waals surface area (Å²) in [5, 5.41) is 8.90. The van der Waals surface area contributed by atoms with Gasteiger partial charge in [0.2, 0.25) is 0 Å². The Balaban J connectivity index is 2.21. The summed E-state index contributed by atoms with van der Waals surface area (Å²) in [6, 6.07) is 6.18. The Morgan fingerprint density at radius 2 is 1.62 bits per heavy atom. The molecule has 0 bridgehead atoms. The van der Waals surface area contributed by atoms with E-state index in [1.807, 2.05) is 24.3 Å². The molecule has 0 aliphatic heterocycles. The average Bonchev–Trinajstić information content (AvgIpc) is 2.66. The molecule has 1 N–H and O–H groups in total. The fourth-order valence-corrected chi connectivity index (χ4v) is 3.12. The molecule has 0 aromatic heterocycles.